The molecule has 0 unspecified atom stereocenters. The third-order valence-electron chi connectivity index (χ3n) is 3.75. The number of hydrogen-bond acceptors (Lipinski definition) is 3. The van der Waals surface area contributed by atoms with Crippen molar-refractivity contribution >= 4 is 35.2 Å². The molecule has 1 aromatic rings. The van der Waals surface area contributed by atoms with Crippen molar-refractivity contribution in [2.24, 2.45) is 11.8 Å². The second kappa shape index (κ2) is 10.8. The van der Waals surface area contributed by atoms with Crippen molar-refractivity contribution < 1.29 is 19.5 Å². The van der Waals surface area contributed by atoms with E-state index in [1.165, 1.54) is 0 Å². The summed E-state index contributed by atoms with van der Waals surface area (Å²) in [6.45, 7) is 7.60. The molecule has 8 heteroatoms. The smallest absolute Gasteiger partial charge is 0.326 e. The number of halogens is 1. The predicted molar refractivity (Wildman–Crippen MR) is 106 cm³/mol. The Bertz CT molecular complexity index is 647. The van der Waals surface area contributed by atoms with Crippen LogP contribution in [0.3, 0.4) is 0 Å². The second-order valence-electron chi connectivity index (χ2n) is 7.32. The standard InChI is InChI=1S/C19H28ClN3O4/c1-11(2)9-15(17(24)22-16(18(25)26)10-12(3)4)23-19(27)21-14-7-5-13(20)6-8-14/h5-8,11-12,15-16H,9-10H2,1-4H3,(H,22,24)(H,25,26)(H2,21,23,27)/t15-,16-/m0/s1. The fourth-order valence-electron chi connectivity index (χ4n) is 2.53. The predicted octanol–water partition coefficient (Wildman–Crippen LogP) is 3.49. The number of nitrogens with one attached hydrogen (secondary N) is 3. The molecule has 2 atom stereocenters. The summed E-state index contributed by atoms with van der Waals surface area (Å²) in [7, 11) is 0. The van der Waals surface area contributed by atoms with Gasteiger partial charge in [0.05, 0.1) is 0 Å². The Hall–Kier alpha value is -2.28. The van der Waals surface area contributed by atoms with E-state index in [1.807, 2.05) is 27.7 Å². The van der Waals surface area contributed by atoms with Crippen LogP contribution in [0.2, 0.25) is 5.02 Å². The lowest BCUT2D eigenvalue weighted by atomic mass is 10.0. The summed E-state index contributed by atoms with van der Waals surface area (Å²) in [4.78, 5) is 36.2. The molecule has 0 bridgehead atoms. The third-order valence-corrected chi connectivity index (χ3v) is 4.00. The number of carbonyl (C=O) groups is 3. The molecule has 0 fully saturated rings. The molecule has 0 saturated heterocycles. The average molecular weight is 398 g/mol. The Morgan fingerprint density at radius 3 is 1.93 bits per heavy atom. The van der Waals surface area contributed by atoms with Crippen LogP contribution in [0.5, 0.6) is 0 Å². The molecular weight excluding hydrogens is 370 g/mol. The van der Waals surface area contributed by atoms with E-state index in [0.717, 1.165) is 0 Å². The number of carbonyl (C=O) groups excluding carboxylic acids is 2. The van der Waals surface area contributed by atoms with E-state index in [9.17, 15) is 19.5 Å². The highest BCUT2D eigenvalue weighted by Gasteiger charge is 2.27. The van der Waals surface area contributed by atoms with Crippen molar-refractivity contribution in [3.8, 4) is 0 Å². The maximum absolute atomic E-state index is 12.6. The van der Waals surface area contributed by atoms with Crippen LogP contribution in [0.1, 0.15) is 40.5 Å². The minimum absolute atomic E-state index is 0.108. The van der Waals surface area contributed by atoms with Gasteiger partial charge in [0.25, 0.3) is 0 Å². The first kappa shape index (κ1) is 22.8. The van der Waals surface area contributed by atoms with Crippen LogP contribution in [0.4, 0.5) is 10.5 Å². The lowest BCUT2D eigenvalue weighted by Crippen LogP contribution is -2.53. The Kier molecular flexibility index (Phi) is 9.08. The molecule has 0 aliphatic rings. The first-order chi connectivity index (χ1) is 12.6. The first-order valence-corrected chi connectivity index (χ1v) is 9.32. The molecule has 1 rings (SSSR count). The maximum Gasteiger partial charge on any atom is 0.326 e. The summed E-state index contributed by atoms with van der Waals surface area (Å²) in [5, 5.41) is 17.6. The molecular formula is C19H28ClN3O4. The van der Waals surface area contributed by atoms with Crippen molar-refractivity contribution in [3.63, 3.8) is 0 Å². The second-order valence-corrected chi connectivity index (χ2v) is 7.75. The molecule has 1 aromatic carbocycles. The van der Waals surface area contributed by atoms with E-state index in [0.29, 0.717) is 23.6 Å². The molecule has 27 heavy (non-hydrogen) atoms. The van der Waals surface area contributed by atoms with Crippen LogP contribution < -0.4 is 16.0 Å². The van der Waals surface area contributed by atoms with Gasteiger partial charge >= 0.3 is 12.0 Å². The van der Waals surface area contributed by atoms with Crippen molar-refractivity contribution in [1.29, 1.82) is 0 Å². The highest BCUT2D eigenvalue weighted by atomic mass is 35.5. The molecule has 150 valence electrons. The van der Waals surface area contributed by atoms with Crippen LogP contribution in [0, 0.1) is 11.8 Å². The number of hydrogen-bond donors (Lipinski definition) is 4. The zero-order valence-corrected chi connectivity index (χ0v) is 16.8. The van der Waals surface area contributed by atoms with E-state index in [4.69, 9.17) is 11.6 Å². The molecule has 0 saturated carbocycles. The third kappa shape index (κ3) is 8.77. The largest absolute Gasteiger partial charge is 0.480 e. The topological polar surface area (TPSA) is 108 Å². The highest BCUT2D eigenvalue weighted by molar-refractivity contribution is 6.30. The number of amides is 3. The van der Waals surface area contributed by atoms with E-state index < -0.39 is 30.0 Å². The van der Waals surface area contributed by atoms with Gasteiger partial charge in [-0.15, -0.1) is 0 Å². The van der Waals surface area contributed by atoms with Crippen molar-refractivity contribution in [2.45, 2.75) is 52.6 Å². The molecule has 3 amide bonds. The summed E-state index contributed by atoms with van der Waals surface area (Å²) in [6, 6.07) is 4.18. The van der Waals surface area contributed by atoms with Crippen molar-refractivity contribution in [3.05, 3.63) is 29.3 Å². The monoisotopic (exact) mass is 397 g/mol. The summed E-state index contributed by atoms with van der Waals surface area (Å²) in [5.74, 6) is -1.37. The molecule has 0 radical (unpaired) electrons. The van der Waals surface area contributed by atoms with E-state index >= 15 is 0 Å². The molecule has 0 aliphatic heterocycles. The molecule has 7 nitrogen and oxygen atoms in total. The fraction of sp³-hybridized carbons (Fsp3) is 0.526. The van der Waals surface area contributed by atoms with Gasteiger partial charge in [-0.3, -0.25) is 4.79 Å². The lowest BCUT2D eigenvalue weighted by molar-refractivity contribution is -0.142. The number of anilines is 1. The number of aliphatic carboxylic acids is 1. The van der Waals surface area contributed by atoms with Gasteiger partial charge in [0.2, 0.25) is 5.91 Å². The highest BCUT2D eigenvalue weighted by Crippen LogP contribution is 2.14. The van der Waals surface area contributed by atoms with Crippen LogP contribution in [-0.4, -0.2) is 35.1 Å². The minimum Gasteiger partial charge on any atom is -0.480 e. The van der Waals surface area contributed by atoms with Crippen LogP contribution >= 0.6 is 11.6 Å². The van der Waals surface area contributed by atoms with Gasteiger partial charge in [-0.25, -0.2) is 9.59 Å². The molecule has 0 aliphatic carbocycles. The van der Waals surface area contributed by atoms with Crippen LogP contribution in [-0.2, 0) is 9.59 Å². The van der Waals surface area contributed by atoms with Gasteiger partial charge < -0.3 is 21.1 Å². The van der Waals surface area contributed by atoms with Gasteiger partial charge in [0, 0.05) is 10.7 Å². The van der Waals surface area contributed by atoms with Crippen LogP contribution in [0.25, 0.3) is 0 Å². The number of urea groups is 1. The van der Waals surface area contributed by atoms with Crippen molar-refractivity contribution in [2.75, 3.05) is 5.32 Å². The fourth-order valence-corrected chi connectivity index (χ4v) is 2.65. The Morgan fingerprint density at radius 1 is 0.926 bits per heavy atom. The summed E-state index contributed by atoms with van der Waals surface area (Å²) < 4.78 is 0. The lowest BCUT2D eigenvalue weighted by Gasteiger charge is -2.23. The SMILES string of the molecule is CC(C)C[C@H](NC(=O)[C@H](CC(C)C)NC(=O)Nc1ccc(Cl)cc1)C(=O)O. The maximum atomic E-state index is 12.6. The Balaban J connectivity index is 2.77. The summed E-state index contributed by atoms with van der Waals surface area (Å²) in [5.41, 5.74) is 0.531. The Morgan fingerprint density at radius 2 is 1.44 bits per heavy atom. The zero-order valence-electron chi connectivity index (χ0n) is 16.1. The summed E-state index contributed by atoms with van der Waals surface area (Å²) >= 11 is 5.81. The first-order valence-electron chi connectivity index (χ1n) is 8.94. The molecule has 4 N–H and O–H groups in total. The molecule has 0 spiro atoms. The van der Waals surface area contributed by atoms with E-state index in [-0.39, 0.29) is 11.8 Å². The number of carboxylic acid groups (broad SMARTS) is 1. The molecule has 0 aromatic heterocycles. The summed E-state index contributed by atoms with van der Waals surface area (Å²) in [6.07, 6.45) is 0.695. The molecule has 0 heterocycles. The van der Waals surface area contributed by atoms with Gasteiger partial charge in [-0.05, 0) is 48.9 Å². The number of carboxylic acids is 1. The van der Waals surface area contributed by atoms with Gasteiger partial charge in [-0.1, -0.05) is 39.3 Å². The van der Waals surface area contributed by atoms with Crippen molar-refractivity contribution in [1.82, 2.24) is 10.6 Å². The Labute approximate surface area is 164 Å². The average Bonchev–Trinajstić information content (AvgIpc) is 2.54. The normalized spacial score (nSPS) is 13.1. The van der Waals surface area contributed by atoms with Gasteiger partial charge in [0.15, 0.2) is 0 Å². The van der Waals surface area contributed by atoms with Gasteiger partial charge in [-0.2, -0.15) is 0 Å². The minimum atomic E-state index is -1.09. The zero-order chi connectivity index (χ0) is 20.6. The van der Waals surface area contributed by atoms with Crippen LogP contribution in [0.15, 0.2) is 24.3 Å². The van der Waals surface area contributed by atoms with Gasteiger partial charge in [0.1, 0.15) is 12.1 Å². The number of rotatable bonds is 9. The number of benzene rings is 1. The van der Waals surface area contributed by atoms with E-state index in [2.05, 4.69) is 16.0 Å². The van der Waals surface area contributed by atoms with E-state index in [1.54, 1.807) is 24.3 Å². The quantitative estimate of drug-likeness (QED) is 0.511.